The van der Waals surface area contributed by atoms with Gasteiger partial charge >= 0.3 is 5.69 Å². The number of nitrogens with zero attached hydrogens (tertiary/aromatic N) is 2. The Hall–Kier alpha value is -3.59. The lowest BCUT2D eigenvalue weighted by molar-refractivity contribution is -0.121. The summed E-state index contributed by atoms with van der Waals surface area (Å²) in [5, 5.41) is 3.01. The van der Waals surface area contributed by atoms with Gasteiger partial charge in [-0.15, -0.1) is 0 Å². The maximum atomic E-state index is 13.1. The first-order valence-electron chi connectivity index (χ1n) is 12.5. The smallest absolute Gasteiger partial charge is 0.326 e. The number of imidazole rings is 1. The molecular weight excluding hydrogens is 460 g/mol. The number of methoxy groups -OCH3 is 1. The van der Waals surface area contributed by atoms with Crippen LogP contribution in [0.3, 0.4) is 0 Å². The van der Waals surface area contributed by atoms with E-state index in [4.69, 9.17) is 9.47 Å². The first-order chi connectivity index (χ1) is 17.5. The van der Waals surface area contributed by atoms with Crippen molar-refractivity contribution in [3.63, 3.8) is 0 Å². The Labute approximate surface area is 209 Å². The number of benzene rings is 2. The van der Waals surface area contributed by atoms with E-state index in [1.165, 1.54) is 0 Å². The molecule has 0 unspecified atom stereocenters. The maximum Gasteiger partial charge on any atom is 0.326 e. The van der Waals surface area contributed by atoms with E-state index in [1.54, 1.807) is 22.6 Å². The fourth-order valence-electron chi connectivity index (χ4n) is 5.36. The molecule has 0 spiro atoms. The van der Waals surface area contributed by atoms with Crippen LogP contribution < -0.4 is 15.7 Å². The number of aromatic amines is 1. The van der Waals surface area contributed by atoms with Gasteiger partial charge in [0.1, 0.15) is 5.75 Å². The number of ether oxygens (including phenoxy) is 2. The largest absolute Gasteiger partial charge is 0.496 e. The monoisotopic (exact) mass is 492 g/mol. The van der Waals surface area contributed by atoms with E-state index in [0.717, 1.165) is 22.5 Å². The number of hydrogen-bond donors (Lipinski definition) is 2. The third-order valence-electron chi connectivity index (χ3n) is 7.39. The first-order valence-corrected chi connectivity index (χ1v) is 12.5. The van der Waals surface area contributed by atoms with Crippen molar-refractivity contribution in [1.29, 1.82) is 0 Å². The molecule has 5 rings (SSSR count). The number of hydrogen-bond acceptors (Lipinski definition) is 5. The highest BCUT2D eigenvalue weighted by Gasteiger charge is 2.30. The molecule has 2 N–H and O–H groups in total. The van der Waals surface area contributed by atoms with Crippen molar-refractivity contribution in [2.75, 3.05) is 38.7 Å². The number of H-pyrrole nitrogens is 1. The Morgan fingerprint density at radius 2 is 1.83 bits per heavy atom. The number of aryl methyl sites for hydroxylation is 1. The highest BCUT2D eigenvalue weighted by molar-refractivity contribution is 6.05. The standard InChI is InChI=1S/C27H32N4O5/c1-17-6-9-19(16-23(17)35-2)28-25(32)18-7-10-20(11-8-18)31-22-5-3-4-21(24(22)29-27(31)34)26(33)30-12-14-36-15-13-30/h3-6,9,16,18,20H,7-8,10-15H2,1-2H3,(H,28,32)(H,29,34)/t18-,20+. The minimum atomic E-state index is -0.216. The summed E-state index contributed by atoms with van der Waals surface area (Å²) in [6.07, 6.45) is 2.80. The van der Waals surface area contributed by atoms with Crippen LogP contribution in [0.2, 0.25) is 0 Å². The summed E-state index contributed by atoms with van der Waals surface area (Å²) < 4.78 is 12.5. The van der Waals surface area contributed by atoms with Crippen LogP contribution in [0.4, 0.5) is 5.69 Å². The van der Waals surface area contributed by atoms with Crippen LogP contribution in [0.1, 0.15) is 47.6 Å². The number of carbonyl (C=O) groups is 2. The maximum absolute atomic E-state index is 13.1. The summed E-state index contributed by atoms with van der Waals surface area (Å²) in [5.41, 5.74) is 3.33. The number of para-hydroxylation sites is 1. The average Bonchev–Trinajstić information content (AvgIpc) is 3.25. The second-order valence-electron chi connectivity index (χ2n) is 9.58. The number of carbonyl (C=O) groups excluding carboxylic acids is 2. The van der Waals surface area contributed by atoms with Crippen molar-refractivity contribution in [3.8, 4) is 5.75 Å². The predicted octanol–water partition coefficient (Wildman–Crippen LogP) is 3.49. The Bertz CT molecular complexity index is 1330. The van der Waals surface area contributed by atoms with E-state index in [-0.39, 0.29) is 29.5 Å². The zero-order valence-corrected chi connectivity index (χ0v) is 20.7. The summed E-state index contributed by atoms with van der Waals surface area (Å²) in [7, 11) is 1.61. The summed E-state index contributed by atoms with van der Waals surface area (Å²) in [6, 6.07) is 11.1. The van der Waals surface area contributed by atoms with E-state index in [1.807, 2.05) is 37.3 Å². The van der Waals surface area contributed by atoms with Gasteiger partial charge in [0, 0.05) is 36.8 Å². The Morgan fingerprint density at radius 3 is 2.56 bits per heavy atom. The van der Waals surface area contributed by atoms with Crippen LogP contribution in [0.15, 0.2) is 41.2 Å². The summed E-state index contributed by atoms with van der Waals surface area (Å²) in [5.74, 6) is 0.518. The van der Waals surface area contributed by atoms with Crippen molar-refractivity contribution in [2.45, 2.75) is 38.6 Å². The lowest BCUT2D eigenvalue weighted by atomic mass is 9.85. The van der Waals surface area contributed by atoms with Crippen LogP contribution in [0.5, 0.6) is 5.75 Å². The highest BCUT2D eigenvalue weighted by atomic mass is 16.5. The molecule has 1 aromatic heterocycles. The molecule has 1 aliphatic carbocycles. The molecule has 2 amide bonds. The number of morpholine rings is 1. The van der Waals surface area contributed by atoms with Crippen LogP contribution in [0.25, 0.3) is 11.0 Å². The molecule has 190 valence electrons. The van der Waals surface area contributed by atoms with Crippen LogP contribution in [-0.2, 0) is 9.53 Å². The molecule has 0 radical (unpaired) electrons. The normalized spacial score (nSPS) is 20.3. The summed E-state index contributed by atoms with van der Waals surface area (Å²) in [6.45, 7) is 4.09. The van der Waals surface area contributed by atoms with Gasteiger partial charge in [-0.25, -0.2) is 4.79 Å². The third kappa shape index (κ3) is 4.63. The molecule has 0 bridgehead atoms. The van der Waals surface area contributed by atoms with Gasteiger partial charge in [-0.3, -0.25) is 14.2 Å². The molecule has 2 fully saturated rings. The van der Waals surface area contributed by atoms with E-state index in [2.05, 4.69) is 10.3 Å². The third-order valence-corrected chi connectivity index (χ3v) is 7.39. The fourth-order valence-corrected chi connectivity index (χ4v) is 5.36. The molecule has 1 saturated heterocycles. The Balaban J connectivity index is 1.29. The summed E-state index contributed by atoms with van der Waals surface area (Å²) >= 11 is 0. The number of rotatable bonds is 5. The van der Waals surface area contributed by atoms with Gasteiger partial charge in [-0.2, -0.15) is 0 Å². The second kappa shape index (κ2) is 10.2. The quantitative estimate of drug-likeness (QED) is 0.567. The van der Waals surface area contributed by atoms with Crippen molar-refractivity contribution < 1.29 is 19.1 Å². The van der Waals surface area contributed by atoms with Crippen LogP contribution in [0, 0.1) is 12.8 Å². The van der Waals surface area contributed by atoms with Gasteiger partial charge in [0.05, 0.1) is 36.9 Å². The minimum absolute atomic E-state index is 0.0102. The molecule has 1 aliphatic heterocycles. The highest BCUT2D eigenvalue weighted by Crippen LogP contribution is 2.34. The molecule has 36 heavy (non-hydrogen) atoms. The van der Waals surface area contributed by atoms with Gasteiger partial charge in [0.2, 0.25) is 5.91 Å². The topological polar surface area (TPSA) is 106 Å². The lowest BCUT2D eigenvalue weighted by Crippen LogP contribution is -2.40. The van der Waals surface area contributed by atoms with Gasteiger partial charge in [0.25, 0.3) is 5.91 Å². The predicted molar refractivity (Wildman–Crippen MR) is 137 cm³/mol. The molecule has 0 atom stereocenters. The van der Waals surface area contributed by atoms with E-state index in [0.29, 0.717) is 63.1 Å². The number of aromatic nitrogens is 2. The Morgan fingerprint density at radius 1 is 1.08 bits per heavy atom. The van der Waals surface area contributed by atoms with Gasteiger partial charge in [0.15, 0.2) is 0 Å². The molecule has 9 nitrogen and oxygen atoms in total. The first kappa shape index (κ1) is 24.1. The zero-order chi connectivity index (χ0) is 25.2. The van der Waals surface area contributed by atoms with Gasteiger partial charge in [-0.1, -0.05) is 12.1 Å². The van der Waals surface area contributed by atoms with E-state index in [9.17, 15) is 14.4 Å². The molecule has 2 aliphatic rings. The van der Waals surface area contributed by atoms with Gasteiger partial charge < -0.3 is 24.7 Å². The van der Waals surface area contributed by atoms with Crippen LogP contribution >= 0.6 is 0 Å². The number of fused-ring (bicyclic) bond motifs is 1. The van der Waals surface area contributed by atoms with Crippen molar-refractivity contribution >= 4 is 28.5 Å². The second-order valence-corrected chi connectivity index (χ2v) is 9.58. The summed E-state index contributed by atoms with van der Waals surface area (Å²) in [4.78, 5) is 43.7. The zero-order valence-electron chi connectivity index (χ0n) is 20.7. The molecule has 2 heterocycles. The van der Waals surface area contributed by atoms with Gasteiger partial charge in [-0.05, 0) is 56.4 Å². The lowest BCUT2D eigenvalue weighted by Gasteiger charge is -2.29. The SMILES string of the molecule is COc1cc(NC(=O)[C@H]2CC[C@@H](n3c(=O)[nH]c4c(C(=O)N5CCOCC5)cccc43)CC2)ccc1C. The van der Waals surface area contributed by atoms with E-state index < -0.39 is 0 Å². The number of nitrogens with one attached hydrogen (secondary N) is 2. The number of amides is 2. The fraction of sp³-hybridized carbons (Fsp3) is 0.444. The molecule has 1 saturated carbocycles. The molecule has 9 heteroatoms. The Kier molecular flexibility index (Phi) is 6.82. The average molecular weight is 493 g/mol. The van der Waals surface area contributed by atoms with E-state index >= 15 is 0 Å². The molecular formula is C27H32N4O5. The molecule has 2 aromatic carbocycles. The van der Waals surface area contributed by atoms with Crippen molar-refractivity contribution in [3.05, 3.63) is 58.0 Å². The number of anilines is 1. The van der Waals surface area contributed by atoms with Crippen molar-refractivity contribution in [1.82, 2.24) is 14.5 Å². The van der Waals surface area contributed by atoms with Crippen LogP contribution in [-0.4, -0.2) is 59.7 Å². The molecule has 3 aromatic rings. The minimum Gasteiger partial charge on any atom is -0.496 e. The van der Waals surface area contributed by atoms with Crippen molar-refractivity contribution in [2.24, 2.45) is 5.92 Å².